The van der Waals surface area contributed by atoms with Crippen molar-refractivity contribution < 1.29 is 28.8 Å². The maximum atomic E-state index is 12.5. The van der Waals surface area contributed by atoms with Gasteiger partial charge in [0.05, 0.1) is 0 Å². The maximum absolute atomic E-state index is 12.5. The average Bonchev–Trinajstić information content (AvgIpc) is 2.85. The Morgan fingerprint density at radius 3 is 2.23 bits per heavy atom. The molecule has 1 aliphatic heterocycles. The van der Waals surface area contributed by atoms with E-state index in [-0.39, 0.29) is 19.3 Å². The van der Waals surface area contributed by atoms with Crippen molar-refractivity contribution in [3.63, 3.8) is 0 Å². The Hall–Kier alpha value is -2.90. The Bertz CT molecular complexity index is 679. The lowest BCUT2D eigenvalue weighted by atomic mass is 10.1. The zero-order valence-corrected chi connectivity index (χ0v) is 15.0. The van der Waals surface area contributed by atoms with Gasteiger partial charge in [-0.25, -0.2) is 9.59 Å². The fraction of sp³-hybridized carbons (Fsp3) is 0.444. The molecule has 1 aliphatic rings. The molecule has 0 aliphatic carbocycles. The van der Waals surface area contributed by atoms with Crippen LogP contribution in [0.25, 0.3) is 0 Å². The number of ether oxygens (including phenoxy) is 1. The number of hydroxylamine groups is 2. The maximum Gasteiger partial charge on any atom is 0.408 e. The average molecular weight is 362 g/mol. The summed E-state index contributed by atoms with van der Waals surface area (Å²) in [6.45, 7) is 5.08. The molecule has 8 heteroatoms. The first-order valence-corrected chi connectivity index (χ1v) is 8.27. The summed E-state index contributed by atoms with van der Waals surface area (Å²) in [5.74, 6) is -2.08. The molecule has 0 saturated carbocycles. The van der Waals surface area contributed by atoms with E-state index in [2.05, 4.69) is 5.32 Å². The van der Waals surface area contributed by atoms with E-state index in [0.29, 0.717) is 5.06 Å². The molecule has 0 spiro atoms. The Morgan fingerprint density at radius 2 is 1.69 bits per heavy atom. The van der Waals surface area contributed by atoms with Crippen molar-refractivity contribution in [3.05, 3.63) is 35.9 Å². The molecule has 1 N–H and O–H groups in total. The molecule has 140 valence electrons. The third-order valence-electron chi connectivity index (χ3n) is 3.45. The smallest absolute Gasteiger partial charge is 0.408 e. The number of carbonyl (C=O) groups is 4. The summed E-state index contributed by atoms with van der Waals surface area (Å²) in [4.78, 5) is 52.7. The van der Waals surface area contributed by atoms with E-state index in [9.17, 15) is 19.2 Å². The summed E-state index contributed by atoms with van der Waals surface area (Å²) in [6, 6.07) is 7.84. The first-order chi connectivity index (χ1) is 12.2. The number of imide groups is 1. The van der Waals surface area contributed by atoms with Crippen molar-refractivity contribution in [2.75, 3.05) is 0 Å². The van der Waals surface area contributed by atoms with E-state index in [4.69, 9.17) is 9.57 Å². The lowest BCUT2D eigenvalue weighted by Crippen LogP contribution is -2.48. The number of nitrogens with zero attached hydrogens (tertiary/aromatic N) is 1. The summed E-state index contributed by atoms with van der Waals surface area (Å²) in [5.41, 5.74) is 0.0243. The molecule has 1 saturated heterocycles. The molecule has 0 unspecified atom stereocenters. The van der Waals surface area contributed by atoms with Gasteiger partial charge >= 0.3 is 12.1 Å². The predicted molar refractivity (Wildman–Crippen MR) is 90.5 cm³/mol. The number of benzene rings is 1. The summed E-state index contributed by atoms with van der Waals surface area (Å²) in [7, 11) is 0. The minimum atomic E-state index is -1.12. The molecule has 1 atom stereocenters. The topological polar surface area (TPSA) is 102 Å². The molecule has 3 amide bonds. The zero-order chi connectivity index (χ0) is 19.3. The van der Waals surface area contributed by atoms with Crippen LogP contribution in [0.2, 0.25) is 0 Å². The summed E-state index contributed by atoms with van der Waals surface area (Å²) in [6.07, 6.45) is -0.687. The fourth-order valence-electron chi connectivity index (χ4n) is 2.30. The van der Waals surface area contributed by atoms with E-state index >= 15 is 0 Å². The number of alkyl carbamates (subject to hydrolysis) is 1. The second kappa shape index (κ2) is 7.99. The number of carbonyl (C=O) groups excluding carboxylic acids is 4. The van der Waals surface area contributed by atoms with Crippen LogP contribution in [0.4, 0.5) is 4.79 Å². The second-order valence-corrected chi connectivity index (χ2v) is 6.88. The van der Waals surface area contributed by atoms with Crippen LogP contribution in [0.1, 0.15) is 39.2 Å². The summed E-state index contributed by atoms with van der Waals surface area (Å²) < 4.78 is 5.16. The van der Waals surface area contributed by atoms with E-state index in [0.717, 1.165) is 5.56 Å². The molecule has 1 aromatic rings. The van der Waals surface area contributed by atoms with E-state index < -0.39 is 35.5 Å². The van der Waals surface area contributed by atoms with Crippen molar-refractivity contribution >= 4 is 23.9 Å². The molecule has 1 fully saturated rings. The quantitative estimate of drug-likeness (QED) is 0.801. The molecule has 0 aromatic heterocycles. The van der Waals surface area contributed by atoms with Gasteiger partial charge in [-0.05, 0) is 26.3 Å². The fourth-order valence-corrected chi connectivity index (χ4v) is 2.30. The van der Waals surface area contributed by atoms with E-state index in [1.54, 1.807) is 45.0 Å². The van der Waals surface area contributed by atoms with Crippen molar-refractivity contribution in [3.8, 4) is 0 Å². The van der Waals surface area contributed by atoms with Gasteiger partial charge in [0.15, 0.2) is 0 Å². The number of rotatable bonds is 5. The van der Waals surface area contributed by atoms with Gasteiger partial charge in [-0.15, -0.1) is 5.06 Å². The Morgan fingerprint density at radius 1 is 1.12 bits per heavy atom. The Labute approximate surface area is 151 Å². The number of nitrogens with one attached hydrogen (secondary N) is 1. The lowest BCUT2D eigenvalue weighted by Gasteiger charge is -2.23. The summed E-state index contributed by atoms with van der Waals surface area (Å²) in [5, 5.41) is 2.90. The highest BCUT2D eigenvalue weighted by Crippen LogP contribution is 2.14. The Kier molecular flexibility index (Phi) is 5.97. The highest BCUT2D eigenvalue weighted by Gasteiger charge is 2.35. The first kappa shape index (κ1) is 19.4. The van der Waals surface area contributed by atoms with Gasteiger partial charge in [0, 0.05) is 19.3 Å². The number of amides is 3. The molecule has 1 aromatic carbocycles. The third-order valence-corrected chi connectivity index (χ3v) is 3.45. The number of hydrogen-bond acceptors (Lipinski definition) is 6. The zero-order valence-electron chi connectivity index (χ0n) is 15.0. The first-order valence-electron chi connectivity index (χ1n) is 8.27. The standard InChI is InChI=1S/C18H22N2O6/c1-18(2,3)25-17(24)19-13(11-12-7-5-4-6-8-12)16(23)26-20-14(21)9-10-15(20)22/h4-8,13H,9-11H2,1-3H3,(H,19,24)/t13-/m1/s1. The van der Waals surface area contributed by atoms with Crippen LogP contribution < -0.4 is 5.32 Å². The van der Waals surface area contributed by atoms with Gasteiger partial charge in [0.2, 0.25) is 0 Å². The van der Waals surface area contributed by atoms with Gasteiger partial charge in [-0.1, -0.05) is 30.3 Å². The van der Waals surface area contributed by atoms with Gasteiger partial charge in [0.25, 0.3) is 11.8 Å². The number of hydrogen-bond donors (Lipinski definition) is 1. The van der Waals surface area contributed by atoms with E-state index in [1.807, 2.05) is 6.07 Å². The van der Waals surface area contributed by atoms with Crippen molar-refractivity contribution in [1.29, 1.82) is 0 Å². The molecule has 0 bridgehead atoms. The molecular weight excluding hydrogens is 340 g/mol. The van der Waals surface area contributed by atoms with Gasteiger partial charge in [-0.3, -0.25) is 9.59 Å². The van der Waals surface area contributed by atoms with Crippen molar-refractivity contribution in [1.82, 2.24) is 10.4 Å². The minimum Gasteiger partial charge on any atom is -0.444 e. The SMILES string of the molecule is CC(C)(C)OC(=O)N[C@H](Cc1ccccc1)C(=O)ON1C(=O)CCC1=O. The minimum absolute atomic E-state index is 0.00500. The van der Waals surface area contributed by atoms with Crippen LogP contribution in [0.3, 0.4) is 0 Å². The lowest BCUT2D eigenvalue weighted by molar-refractivity contribution is -0.198. The highest BCUT2D eigenvalue weighted by atomic mass is 16.7. The second-order valence-electron chi connectivity index (χ2n) is 6.88. The normalized spacial score (nSPS) is 15.6. The molecular formula is C18H22N2O6. The molecule has 1 heterocycles. The van der Waals surface area contributed by atoms with E-state index in [1.165, 1.54) is 0 Å². The van der Waals surface area contributed by atoms with Crippen LogP contribution in [0.5, 0.6) is 0 Å². The van der Waals surface area contributed by atoms with Crippen LogP contribution in [0, 0.1) is 0 Å². The van der Waals surface area contributed by atoms with Crippen LogP contribution in [-0.2, 0) is 30.4 Å². The summed E-state index contributed by atoms with van der Waals surface area (Å²) >= 11 is 0. The molecule has 2 rings (SSSR count). The van der Waals surface area contributed by atoms with Crippen molar-refractivity contribution in [2.24, 2.45) is 0 Å². The van der Waals surface area contributed by atoms with Gasteiger partial charge in [-0.2, -0.15) is 0 Å². The highest BCUT2D eigenvalue weighted by molar-refractivity contribution is 6.01. The van der Waals surface area contributed by atoms with Crippen molar-refractivity contribution in [2.45, 2.75) is 51.7 Å². The predicted octanol–water partition coefficient (Wildman–Crippen LogP) is 1.73. The molecule has 0 radical (unpaired) electrons. The largest absolute Gasteiger partial charge is 0.444 e. The monoisotopic (exact) mass is 362 g/mol. The third kappa shape index (κ3) is 5.58. The van der Waals surface area contributed by atoms with Crippen LogP contribution in [0.15, 0.2) is 30.3 Å². The Balaban J connectivity index is 2.11. The van der Waals surface area contributed by atoms with Gasteiger partial charge in [0.1, 0.15) is 11.6 Å². The van der Waals surface area contributed by atoms with Gasteiger partial charge < -0.3 is 14.9 Å². The molecule has 8 nitrogen and oxygen atoms in total. The van der Waals surface area contributed by atoms with Crippen LogP contribution >= 0.6 is 0 Å². The molecule has 26 heavy (non-hydrogen) atoms. The van der Waals surface area contributed by atoms with Crippen LogP contribution in [-0.4, -0.2) is 40.6 Å².